The number of nitrogens with one attached hydrogen (secondary N) is 1. The van der Waals surface area contributed by atoms with Crippen LogP contribution >= 0.6 is 11.3 Å². The zero-order valence-electron chi connectivity index (χ0n) is 12.8. The molecule has 1 amide bonds. The van der Waals surface area contributed by atoms with Gasteiger partial charge in [0.15, 0.2) is 0 Å². The topological polar surface area (TPSA) is 46.9 Å². The number of imidazole rings is 1. The Hall–Kier alpha value is -1.62. The number of carbonyl (C=O) groups is 1. The van der Waals surface area contributed by atoms with Crippen LogP contribution in [0.4, 0.5) is 0 Å². The number of aryl methyl sites for hydroxylation is 2. The van der Waals surface area contributed by atoms with Crippen molar-refractivity contribution >= 4 is 17.2 Å². The molecule has 1 atom stereocenters. The maximum Gasteiger partial charge on any atom is 0.253 e. The third-order valence-electron chi connectivity index (χ3n) is 4.82. The summed E-state index contributed by atoms with van der Waals surface area (Å²) in [6.07, 6.45) is 10.8. The summed E-state index contributed by atoms with van der Waals surface area (Å²) in [5.74, 6) is 1.60. The molecule has 4 rings (SSSR count). The van der Waals surface area contributed by atoms with Crippen molar-refractivity contribution in [2.45, 2.75) is 44.6 Å². The van der Waals surface area contributed by atoms with E-state index in [0.717, 1.165) is 24.2 Å². The number of hydrogen-bond donors (Lipinski definition) is 1. The Labute approximate surface area is 134 Å². The van der Waals surface area contributed by atoms with E-state index in [0.29, 0.717) is 5.92 Å². The van der Waals surface area contributed by atoms with Gasteiger partial charge in [0.1, 0.15) is 5.82 Å². The molecule has 116 valence electrons. The number of hydrogen-bond acceptors (Lipinski definition) is 3. The number of fused-ring (bicyclic) bond motifs is 1. The summed E-state index contributed by atoms with van der Waals surface area (Å²) in [5.41, 5.74) is 2.20. The van der Waals surface area contributed by atoms with E-state index in [1.54, 1.807) is 11.3 Å². The Kier molecular flexibility index (Phi) is 3.53. The predicted octanol–water partition coefficient (Wildman–Crippen LogP) is 3.24. The zero-order valence-corrected chi connectivity index (χ0v) is 13.7. The number of nitrogens with zero attached hydrogens (tertiary/aromatic N) is 2. The summed E-state index contributed by atoms with van der Waals surface area (Å²) in [4.78, 5) is 18.6. The molecule has 2 aromatic heterocycles. The van der Waals surface area contributed by atoms with Crippen molar-refractivity contribution in [2.75, 3.05) is 0 Å². The standard InChI is InChI=1S/C17H21N3OS/c1-20-9-8-18-16(20)15(11-6-7-11)19-17(21)13-10-22-14-5-3-2-4-12(13)14/h8-11,15H,2-7H2,1H3,(H,19,21). The Morgan fingerprint density at radius 1 is 1.41 bits per heavy atom. The molecule has 0 bridgehead atoms. The van der Waals surface area contributed by atoms with Crippen LogP contribution in [-0.4, -0.2) is 15.5 Å². The molecule has 2 aliphatic rings. The van der Waals surface area contributed by atoms with Gasteiger partial charge in [0.25, 0.3) is 5.91 Å². The molecule has 4 nitrogen and oxygen atoms in total. The van der Waals surface area contributed by atoms with Crippen LogP contribution in [0.5, 0.6) is 0 Å². The fourth-order valence-corrected chi connectivity index (χ4v) is 4.53. The minimum Gasteiger partial charge on any atom is -0.342 e. The fraction of sp³-hybridized carbons (Fsp3) is 0.529. The first-order chi connectivity index (χ1) is 10.7. The number of thiophene rings is 1. The van der Waals surface area contributed by atoms with Gasteiger partial charge in [-0.05, 0) is 50.0 Å². The first-order valence-electron chi connectivity index (χ1n) is 8.11. The Bertz CT molecular complexity index is 699. The van der Waals surface area contributed by atoms with Gasteiger partial charge in [-0.25, -0.2) is 4.98 Å². The maximum atomic E-state index is 12.8. The fourth-order valence-electron chi connectivity index (χ4n) is 3.40. The molecule has 0 spiro atoms. The lowest BCUT2D eigenvalue weighted by molar-refractivity contribution is 0.0928. The highest BCUT2D eigenvalue weighted by atomic mass is 32.1. The smallest absolute Gasteiger partial charge is 0.253 e. The van der Waals surface area contributed by atoms with Gasteiger partial charge in [0.05, 0.1) is 11.6 Å². The molecule has 1 fully saturated rings. The third-order valence-corrected chi connectivity index (χ3v) is 5.91. The van der Waals surface area contributed by atoms with E-state index < -0.39 is 0 Å². The summed E-state index contributed by atoms with van der Waals surface area (Å²) in [6.45, 7) is 0. The zero-order chi connectivity index (χ0) is 15.1. The van der Waals surface area contributed by atoms with Crippen LogP contribution in [0.1, 0.15) is 58.3 Å². The summed E-state index contributed by atoms with van der Waals surface area (Å²) >= 11 is 1.75. The van der Waals surface area contributed by atoms with E-state index in [1.807, 2.05) is 29.4 Å². The first kappa shape index (κ1) is 14.0. The molecule has 2 aliphatic carbocycles. The van der Waals surface area contributed by atoms with Crippen LogP contribution in [-0.2, 0) is 19.9 Å². The molecular weight excluding hydrogens is 294 g/mol. The second kappa shape index (κ2) is 5.54. The highest BCUT2D eigenvalue weighted by Crippen LogP contribution is 2.41. The van der Waals surface area contributed by atoms with Crippen LogP contribution in [0, 0.1) is 5.92 Å². The van der Waals surface area contributed by atoms with E-state index in [4.69, 9.17) is 0 Å². The minimum atomic E-state index is 0.0478. The van der Waals surface area contributed by atoms with Crippen molar-refractivity contribution in [1.29, 1.82) is 0 Å². The quantitative estimate of drug-likeness (QED) is 0.941. The lowest BCUT2D eigenvalue weighted by atomic mass is 9.95. The van der Waals surface area contributed by atoms with Crippen LogP contribution in [0.2, 0.25) is 0 Å². The van der Waals surface area contributed by atoms with E-state index in [2.05, 4.69) is 10.3 Å². The second-order valence-electron chi connectivity index (χ2n) is 6.44. The molecule has 1 saturated carbocycles. The molecule has 2 heterocycles. The average Bonchev–Trinajstić information content (AvgIpc) is 3.14. The van der Waals surface area contributed by atoms with Gasteiger partial charge in [0, 0.05) is 29.7 Å². The van der Waals surface area contributed by atoms with E-state index in [9.17, 15) is 4.79 Å². The van der Waals surface area contributed by atoms with Crippen LogP contribution in [0.15, 0.2) is 17.8 Å². The van der Waals surface area contributed by atoms with E-state index >= 15 is 0 Å². The molecule has 0 aliphatic heterocycles. The van der Waals surface area contributed by atoms with Gasteiger partial charge >= 0.3 is 0 Å². The van der Waals surface area contributed by atoms with E-state index in [-0.39, 0.29) is 11.9 Å². The molecule has 0 radical (unpaired) electrons. The van der Waals surface area contributed by atoms with Crippen molar-refractivity contribution in [3.8, 4) is 0 Å². The van der Waals surface area contributed by atoms with Crippen molar-refractivity contribution in [3.05, 3.63) is 39.6 Å². The SMILES string of the molecule is Cn1ccnc1C(NC(=O)c1csc2c1CCCC2)C1CC1. The summed E-state index contributed by atoms with van der Waals surface area (Å²) < 4.78 is 2.02. The molecule has 0 aromatic carbocycles. The number of aromatic nitrogens is 2. The minimum absolute atomic E-state index is 0.0478. The summed E-state index contributed by atoms with van der Waals surface area (Å²) in [7, 11) is 2.00. The summed E-state index contributed by atoms with van der Waals surface area (Å²) in [6, 6.07) is 0.0478. The molecule has 2 aromatic rings. The number of carbonyl (C=O) groups excluding carboxylic acids is 1. The summed E-state index contributed by atoms with van der Waals surface area (Å²) in [5, 5.41) is 5.31. The average molecular weight is 315 g/mol. The van der Waals surface area contributed by atoms with Gasteiger partial charge < -0.3 is 9.88 Å². The highest BCUT2D eigenvalue weighted by molar-refractivity contribution is 7.10. The van der Waals surface area contributed by atoms with Crippen molar-refractivity contribution in [3.63, 3.8) is 0 Å². The lowest BCUT2D eigenvalue weighted by Crippen LogP contribution is -2.32. The van der Waals surface area contributed by atoms with E-state index in [1.165, 1.54) is 36.1 Å². The normalized spacial score (nSPS) is 18.8. The van der Waals surface area contributed by atoms with Gasteiger partial charge in [-0.2, -0.15) is 0 Å². The van der Waals surface area contributed by atoms with Gasteiger partial charge in [-0.1, -0.05) is 0 Å². The van der Waals surface area contributed by atoms with Gasteiger partial charge in [-0.3, -0.25) is 4.79 Å². The lowest BCUT2D eigenvalue weighted by Gasteiger charge is -2.19. The maximum absolute atomic E-state index is 12.8. The Morgan fingerprint density at radius 2 is 2.23 bits per heavy atom. The largest absolute Gasteiger partial charge is 0.342 e. The van der Waals surface area contributed by atoms with Crippen LogP contribution in [0.25, 0.3) is 0 Å². The Morgan fingerprint density at radius 3 is 2.95 bits per heavy atom. The highest BCUT2D eigenvalue weighted by Gasteiger charge is 2.36. The molecule has 1 unspecified atom stereocenters. The second-order valence-corrected chi connectivity index (χ2v) is 7.41. The van der Waals surface area contributed by atoms with Crippen molar-refractivity contribution < 1.29 is 4.79 Å². The third kappa shape index (κ3) is 2.47. The number of rotatable bonds is 4. The first-order valence-corrected chi connectivity index (χ1v) is 8.99. The Balaban J connectivity index is 1.58. The molecular formula is C17H21N3OS. The molecule has 0 saturated heterocycles. The van der Waals surface area contributed by atoms with Crippen molar-refractivity contribution in [2.24, 2.45) is 13.0 Å². The van der Waals surface area contributed by atoms with Gasteiger partial charge in [0.2, 0.25) is 0 Å². The van der Waals surface area contributed by atoms with Gasteiger partial charge in [-0.15, -0.1) is 11.3 Å². The predicted molar refractivity (Wildman–Crippen MR) is 87.1 cm³/mol. The monoisotopic (exact) mass is 315 g/mol. The number of amides is 1. The molecule has 5 heteroatoms. The van der Waals surface area contributed by atoms with Crippen molar-refractivity contribution in [1.82, 2.24) is 14.9 Å². The van der Waals surface area contributed by atoms with Crippen LogP contribution in [0.3, 0.4) is 0 Å². The molecule has 22 heavy (non-hydrogen) atoms. The molecule has 1 N–H and O–H groups in total. The van der Waals surface area contributed by atoms with Crippen LogP contribution < -0.4 is 5.32 Å².